The molecule has 3 rings (SSSR count). The molecular weight excluding hydrogens is 258 g/mol. The fraction of sp³-hybridized carbons (Fsp3) is 0.722. The summed E-state index contributed by atoms with van der Waals surface area (Å²) >= 11 is 0. The van der Waals surface area contributed by atoms with Crippen molar-refractivity contribution in [1.29, 1.82) is 0 Å². The van der Waals surface area contributed by atoms with Crippen LogP contribution < -0.4 is 5.32 Å². The molecule has 2 aliphatic heterocycles. The van der Waals surface area contributed by atoms with Crippen molar-refractivity contribution in [3.63, 3.8) is 0 Å². The Bertz CT molecular complexity index is 419. The van der Waals surface area contributed by atoms with Crippen molar-refractivity contribution < 1.29 is 0 Å². The first kappa shape index (κ1) is 15.0. The van der Waals surface area contributed by atoms with E-state index < -0.39 is 0 Å². The van der Waals surface area contributed by atoms with Gasteiger partial charge in [-0.2, -0.15) is 0 Å². The lowest BCUT2D eigenvalue weighted by molar-refractivity contribution is -0.00745. The minimum atomic E-state index is 0.452. The zero-order valence-corrected chi connectivity index (χ0v) is 13.5. The van der Waals surface area contributed by atoms with Crippen LogP contribution in [0.5, 0.6) is 0 Å². The van der Waals surface area contributed by atoms with Gasteiger partial charge in [0.25, 0.3) is 0 Å². The molecule has 3 atom stereocenters. The van der Waals surface area contributed by atoms with Gasteiger partial charge in [0.2, 0.25) is 0 Å². The van der Waals surface area contributed by atoms with Crippen molar-refractivity contribution in [3.05, 3.63) is 30.1 Å². The van der Waals surface area contributed by atoms with Gasteiger partial charge in [0.15, 0.2) is 0 Å². The lowest BCUT2D eigenvalue weighted by atomic mass is 9.80. The Kier molecular flexibility index (Phi) is 4.91. The molecule has 0 saturated carbocycles. The smallest absolute Gasteiger partial charge is 0.0572 e. The minimum Gasteiger partial charge on any atom is -0.314 e. The second kappa shape index (κ2) is 6.89. The SMILES string of the molecule is CCCNC1CC2CCCC(C1)N2C(C)c1ccccn1. The first-order chi connectivity index (χ1) is 10.3. The summed E-state index contributed by atoms with van der Waals surface area (Å²) < 4.78 is 0. The lowest BCUT2D eigenvalue weighted by Crippen LogP contribution is -2.56. The predicted octanol–water partition coefficient (Wildman–Crippen LogP) is 3.53. The number of rotatable bonds is 5. The summed E-state index contributed by atoms with van der Waals surface area (Å²) in [5.41, 5.74) is 1.23. The number of hydrogen-bond donors (Lipinski definition) is 1. The first-order valence-corrected chi connectivity index (χ1v) is 8.71. The van der Waals surface area contributed by atoms with Crippen LogP contribution in [0.25, 0.3) is 0 Å². The second-order valence-corrected chi connectivity index (χ2v) is 6.74. The average Bonchev–Trinajstić information content (AvgIpc) is 2.52. The Hall–Kier alpha value is -0.930. The van der Waals surface area contributed by atoms with E-state index in [9.17, 15) is 0 Å². The Balaban J connectivity index is 1.71. The summed E-state index contributed by atoms with van der Waals surface area (Å²) in [7, 11) is 0. The van der Waals surface area contributed by atoms with E-state index in [1.807, 2.05) is 12.3 Å². The van der Waals surface area contributed by atoms with E-state index in [0.29, 0.717) is 6.04 Å². The molecule has 0 amide bonds. The maximum absolute atomic E-state index is 4.59. The molecule has 2 saturated heterocycles. The number of nitrogens with zero attached hydrogens (tertiary/aromatic N) is 2. The van der Waals surface area contributed by atoms with Gasteiger partial charge in [0.1, 0.15) is 0 Å². The van der Waals surface area contributed by atoms with Crippen LogP contribution in [0.3, 0.4) is 0 Å². The van der Waals surface area contributed by atoms with Gasteiger partial charge in [-0.1, -0.05) is 19.4 Å². The predicted molar refractivity (Wildman–Crippen MR) is 87.2 cm³/mol. The molecule has 1 aromatic heterocycles. The lowest BCUT2D eigenvalue weighted by Gasteiger charge is -2.51. The fourth-order valence-electron chi connectivity index (χ4n) is 4.34. The number of fused-ring (bicyclic) bond motifs is 2. The number of hydrogen-bond acceptors (Lipinski definition) is 3. The van der Waals surface area contributed by atoms with Crippen molar-refractivity contribution in [2.24, 2.45) is 0 Å². The zero-order valence-electron chi connectivity index (χ0n) is 13.5. The summed E-state index contributed by atoms with van der Waals surface area (Å²) in [6, 6.07) is 8.97. The molecule has 2 bridgehead atoms. The van der Waals surface area contributed by atoms with Crippen LogP contribution in [0, 0.1) is 0 Å². The number of aromatic nitrogens is 1. The Morgan fingerprint density at radius 2 is 2.05 bits per heavy atom. The van der Waals surface area contributed by atoms with E-state index in [0.717, 1.165) is 18.1 Å². The third-order valence-corrected chi connectivity index (χ3v) is 5.28. The molecule has 2 aliphatic rings. The van der Waals surface area contributed by atoms with Gasteiger partial charge in [0.05, 0.1) is 5.69 Å². The van der Waals surface area contributed by atoms with E-state index >= 15 is 0 Å². The van der Waals surface area contributed by atoms with Crippen molar-refractivity contribution in [2.45, 2.75) is 76.5 Å². The van der Waals surface area contributed by atoms with E-state index in [4.69, 9.17) is 0 Å². The quantitative estimate of drug-likeness (QED) is 0.898. The highest BCUT2D eigenvalue weighted by Gasteiger charge is 2.40. The van der Waals surface area contributed by atoms with E-state index in [-0.39, 0.29) is 0 Å². The largest absolute Gasteiger partial charge is 0.314 e. The second-order valence-electron chi connectivity index (χ2n) is 6.74. The molecule has 116 valence electrons. The monoisotopic (exact) mass is 287 g/mol. The third kappa shape index (κ3) is 3.29. The topological polar surface area (TPSA) is 28.2 Å². The van der Waals surface area contributed by atoms with E-state index in [1.165, 1.54) is 50.8 Å². The maximum atomic E-state index is 4.59. The zero-order chi connectivity index (χ0) is 14.7. The van der Waals surface area contributed by atoms with Crippen LogP contribution in [-0.2, 0) is 0 Å². The summed E-state index contributed by atoms with van der Waals surface area (Å²) in [6.45, 7) is 5.76. The number of nitrogens with one attached hydrogen (secondary N) is 1. The van der Waals surface area contributed by atoms with Gasteiger partial charge in [-0.25, -0.2) is 0 Å². The average molecular weight is 287 g/mol. The molecule has 3 unspecified atom stereocenters. The number of piperidine rings is 2. The fourth-order valence-corrected chi connectivity index (χ4v) is 4.34. The maximum Gasteiger partial charge on any atom is 0.0572 e. The van der Waals surface area contributed by atoms with Gasteiger partial charge in [0, 0.05) is 30.4 Å². The van der Waals surface area contributed by atoms with Crippen LogP contribution >= 0.6 is 0 Å². The molecule has 0 aliphatic carbocycles. The third-order valence-electron chi connectivity index (χ3n) is 5.28. The summed E-state index contributed by atoms with van der Waals surface area (Å²) in [4.78, 5) is 7.37. The molecule has 0 radical (unpaired) electrons. The van der Waals surface area contributed by atoms with Gasteiger partial charge in [-0.15, -0.1) is 0 Å². The van der Waals surface area contributed by atoms with Gasteiger partial charge in [-0.05, 0) is 57.7 Å². The Morgan fingerprint density at radius 3 is 2.67 bits per heavy atom. The molecule has 21 heavy (non-hydrogen) atoms. The standard InChI is InChI=1S/C18H29N3/c1-3-10-19-15-12-16-7-6-8-17(13-15)21(16)14(2)18-9-4-5-11-20-18/h4-5,9,11,14-17,19H,3,6-8,10,12-13H2,1-2H3. The molecule has 0 aromatic carbocycles. The van der Waals surface area contributed by atoms with Crippen molar-refractivity contribution in [1.82, 2.24) is 15.2 Å². The first-order valence-electron chi connectivity index (χ1n) is 8.71. The molecule has 3 heteroatoms. The van der Waals surface area contributed by atoms with Gasteiger partial charge in [-0.3, -0.25) is 9.88 Å². The Morgan fingerprint density at radius 1 is 1.29 bits per heavy atom. The molecule has 1 aromatic rings. The molecule has 1 N–H and O–H groups in total. The summed E-state index contributed by atoms with van der Waals surface area (Å²) in [5.74, 6) is 0. The highest BCUT2D eigenvalue weighted by molar-refractivity contribution is 5.10. The number of pyridine rings is 1. The summed E-state index contributed by atoms with van der Waals surface area (Å²) in [5, 5.41) is 3.76. The van der Waals surface area contributed by atoms with E-state index in [1.54, 1.807) is 0 Å². The molecule has 3 nitrogen and oxygen atoms in total. The normalized spacial score (nSPS) is 31.0. The van der Waals surface area contributed by atoms with Crippen LogP contribution in [0.1, 0.15) is 64.1 Å². The van der Waals surface area contributed by atoms with Crippen LogP contribution in [0.4, 0.5) is 0 Å². The van der Waals surface area contributed by atoms with Crippen molar-refractivity contribution in [2.75, 3.05) is 6.54 Å². The minimum absolute atomic E-state index is 0.452. The highest BCUT2D eigenvalue weighted by atomic mass is 15.2. The van der Waals surface area contributed by atoms with Crippen LogP contribution in [0.15, 0.2) is 24.4 Å². The van der Waals surface area contributed by atoms with E-state index in [2.05, 4.69) is 41.2 Å². The molecule has 3 heterocycles. The molecule has 0 spiro atoms. The van der Waals surface area contributed by atoms with Crippen LogP contribution in [0.2, 0.25) is 0 Å². The van der Waals surface area contributed by atoms with Crippen molar-refractivity contribution in [3.8, 4) is 0 Å². The van der Waals surface area contributed by atoms with Gasteiger partial charge < -0.3 is 5.32 Å². The van der Waals surface area contributed by atoms with Crippen LogP contribution in [-0.4, -0.2) is 34.6 Å². The Labute approximate surface area is 129 Å². The van der Waals surface area contributed by atoms with Gasteiger partial charge >= 0.3 is 0 Å². The molecule has 2 fully saturated rings. The molecular formula is C18H29N3. The van der Waals surface area contributed by atoms with Crippen molar-refractivity contribution >= 4 is 0 Å². The highest BCUT2D eigenvalue weighted by Crippen LogP contribution is 2.39. The summed E-state index contributed by atoms with van der Waals surface area (Å²) in [6.07, 6.45) is 9.91.